The molecule has 1 aliphatic heterocycles. The zero-order valence-corrected chi connectivity index (χ0v) is 20.2. The Kier molecular flexibility index (Phi) is 13.7. The van der Waals surface area contributed by atoms with Gasteiger partial charge in [-0.25, -0.2) is 0 Å². The number of piperidine rings is 1. The third-order valence-corrected chi connectivity index (χ3v) is 5.41. The van der Waals surface area contributed by atoms with Crippen LogP contribution in [-0.2, 0) is 4.74 Å². The molecule has 0 amide bonds. The number of guanidine groups is 1. The van der Waals surface area contributed by atoms with Crippen molar-refractivity contribution in [1.82, 2.24) is 15.5 Å². The molecule has 2 aliphatic rings. The second kappa shape index (κ2) is 14.9. The van der Waals surface area contributed by atoms with Crippen LogP contribution in [0.15, 0.2) is 4.99 Å². The molecule has 0 unspecified atom stereocenters. The van der Waals surface area contributed by atoms with E-state index in [9.17, 15) is 0 Å². The van der Waals surface area contributed by atoms with Gasteiger partial charge >= 0.3 is 0 Å². The van der Waals surface area contributed by atoms with E-state index in [1.54, 1.807) is 0 Å². The van der Waals surface area contributed by atoms with Gasteiger partial charge in [-0.05, 0) is 38.5 Å². The molecule has 0 atom stereocenters. The van der Waals surface area contributed by atoms with E-state index >= 15 is 0 Å². The predicted molar refractivity (Wildman–Crippen MR) is 126 cm³/mol. The molecule has 0 aromatic heterocycles. The van der Waals surface area contributed by atoms with Crippen LogP contribution in [0.2, 0.25) is 0 Å². The summed E-state index contributed by atoms with van der Waals surface area (Å²) in [5, 5.41) is 7.03. The van der Waals surface area contributed by atoms with E-state index in [4.69, 9.17) is 9.73 Å². The van der Waals surface area contributed by atoms with Crippen LogP contribution >= 0.6 is 24.0 Å². The summed E-state index contributed by atoms with van der Waals surface area (Å²) in [6.45, 7) is 12.7. The van der Waals surface area contributed by atoms with Crippen LogP contribution in [0.4, 0.5) is 0 Å². The zero-order valence-electron chi connectivity index (χ0n) is 17.8. The number of ether oxygens (including phenoxy) is 1. The molecular weight excluding hydrogens is 451 g/mol. The Morgan fingerprint density at radius 3 is 2.33 bits per heavy atom. The molecule has 1 aliphatic carbocycles. The van der Waals surface area contributed by atoms with E-state index in [2.05, 4.69) is 36.3 Å². The van der Waals surface area contributed by atoms with Crippen LogP contribution in [0.3, 0.4) is 0 Å². The van der Waals surface area contributed by atoms with Gasteiger partial charge in [-0.2, -0.15) is 0 Å². The van der Waals surface area contributed by atoms with Gasteiger partial charge in [0.25, 0.3) is 0 Å². The van der Waals surface area contributed by atoms with Gasteiger partial charge in [0.2, 0.25) is 0 Å². The minimum absolute atomic E-state index is 0. The minimum atomic E-state index is 0. The predicted octanol–water partition coefficient (Wildman–Crippen LogP) is 4.02. The topological polar surface area (TPSA) is 48.9 Å². The van der Waals surface area contributed by atoms with Crippen molar-refractivity contribution in [3.8, 4) is 0 Å². The lowest BCUT2D eigenvalue weighted by atomic mass is 10.0. The van der Waals surface area contributed by atoms with Gasteiger partial charge in [-0.15, -0.1) is 24.0 Å². The summed E-state index contributed by atoms with van der Waals surface area (Å²) in [5.74, 6) is 1.71. The first-order chi connectivity index (χ1) is 12.7. The molecule has 0 aromatic carbocycles. The van der Waals surface area contributed by atoms with E-state index in [1.165, 1.54) is 71.0 Å². The third-order valence-electron chi connectivity index (χ3n) is 5.41. The number of nitrogens with zero attached hydrogens (tertiary/aromatic N) is 2. The van der Waals surface area contributed by atoms with E-state index in [1.807, 2.05) is 0 Å². The highest BCUT2D eigenvalue weighted by atomic mass is 127. The standard InChI is InChI=1S/C21H42N4O.HI/c1-4-22-21(23-13-16-26-20-9-7-5-6-8-10-20)24-19-11-14-25(15-12-19)17-18(2)3;/h18-20H,4-17H2,1-3H3,(H2,22,23,24);1H. The first-order valence-corrected chi connectivity index (χ1v) is 11.1. The van der Waals surface area contributed by atoms with Gasteiger partial charge in [0.05, 0.1) is 19.3 Å². The average molecular weight is 495 g/mol. The first kappa shape index (κ1) is 25.0. The summed E-state index contributed by atoms with van der Waals surface area (Å²) >= 11 is 0. The summed E-state index contributed by atoms with van der Waals surface area (Å²) in [6, 6.07) is 0.541. The minimum Gasteiger partial charge on any atom is -0.376 e. The first-order valence-electron chi connectivity index (χ1n) is 11.1. The smallest absolute Gasteiger partial charge is 0.191 e. The van der Waals surface area contributed by atoms with E-state index in [-0.39, 0.29) is 24.0 Å². The maximum absolute atomic E-state index is 6.06. The highest BCUT2D eigenvalue weighted by Crippen LogP contribution is 2.19. The fourth-order valence-electron chi connectivity index (χ4n) is 4.08. The van der Waals surface area contributed by atoms with Crippen molar-refractivity contribution in [2.45, 2.75) is 84.3 Å². The normalized spacial score (nSPS) is 21.0. The highest BCUT2D eigenvalue weighted by molar-refractivity contribution is 14.0. The second-order valence-corrected chi connectivity index (χ2v) is 8.36. The Labute approximate surface area is 184 Å². The van der Waals surface area contributed by atoms with Crippen LogP contribution in [0, 0.1) is 5.92 Å². The van der Waals surface area contributed by atoms with Gasteiger partial charge in [-0.1, -0.05) is 39.5 Å². The van der Waals surface area contributed by atoms with Gasteiger partial charge in [-0.3, -0.25) is 4.99 Å². The van der Waals surface area contributed by atoms with Crippen molar-refractivity contribution in [2.24, 2.45) is 10.9 Å². The molecule has 27 heavy (non-hydrogen) atoms. The Hall–Kier alpha value is -0.0800. The molecule has 2 rings (SSSR count). The SMILES string of the molecule is CCNC(=NCCOC1CCCCCC1)NC1CCN(CC(C)C)CC1.I. The van der Waals surface area contributed by atoms with Crippen LogP contribution in [0.5, 0.6) is 0 Å². The average Bonchev–Trinajstić information content (AvgIpc) is 2.89. The quantitative estimate of drug-likeness (QED) is 0.176. The van der Waals surface area contributed by atoms with Crippen molar-refractivity contribution in [1.29, 1.82) is 0 Å². The second-order valence-electron chi connectivity index (χ2n) is 8.36. The Morgan fingerprint density at radius 2 is 1.74 bits per heavy atom. The van der Waals surface area contributed by atoms with Crippen LogP contribution in [-0.4, -0.2) is 62.3 Å². The summed E-state index contributed by atoms with van der Waals surface area (Å²) in [6.07, 6.45) is 10.7. The summed E-state index contributed by atoms with van der Waals surface area (Å²) in [4.78, 5) is 7.33. The van der Waals surface area contributed by atoms with E-state index < -0.39 is 0 Å². The zero-order chi connectivity index (χ0) is 18.6. The number of rotatable bonds is 8. The molecule has 1 saturated heterocycles. The monoisotopic (exact) mass is 494 g/mol. The van der Waals surface area contributed by atoms with E-state index in [0.717, 1.165) is 31.6 Å². The number of nitrogens with one attached hydrogen (secondary N) is 2. The van der Waals surface area contributed by atoms with Crippen LogP contribution in [0.25, 0.3) is 0 Å². The molecule has 1 heterocycles. The number of halogens is 1. The molecular formula is C21H43IN4O. The molecule has 6 heteroatoms. The third kappa shape index (κ3) is 10.9. The lowest BCUT2D eigenvalue weighted by molar-refractivity contribution is 0.0487. The Bertz CT molecular complexity index is 390. The maximum Gasteiger partial charge on any atom is 0.191 e. The molecule has 5 nitrogen and oxygen atoms in total. The molecule has 160 valence electrons. The summed E-state index contributed by atoms with van der Waals surface area (Å²) < 4.78 is 6.06. The van der Waals surface area contributed by atoms with E-state index in [0.29, 0.717) is 12.1 Å². The van der Waals surface area contributed by atoms with Crippen molar-refractivity contribution in [3.05, 3.63) is 0 Å². The van der Waals surface area contributed by atoms with Gasteiger partial charge in [0.1, 0.15) is 0 Å². The van der Waals surface area contributed by atoms with Gasteiger partial charge < -0.3 is 20.3 Å². The summed E-state index contributed by atoms with van der Waals surface area (Å²) in [7, 11) is 0. The van der Waals surface area contributed by atoms with Crippen LogP contribution < -0.4 is 10.6 Å². The molecule has 2 fully saturated rings. The maximum atomic E-state index is 6.06. The molecule has 0 aromatic rings. The Balaban J connectivity index is 0.00000364. The van der Waals surface area contributed by atoms with Crippen molar-refractivity contribution < 1.29 is 4.74 Å². The number of likely N-dealkylation sites (tertiary alicyclic amines) is 1. The number of hydrogen-bond acceptors (Lipinski definition) is 3. The van der Waals surface area contributed by atoms with Crippen molar-refractivity contribution in [2.75, 3.05) is 39.3 Å². The Morgan fingerprint density at radius 1 is 1.07 bits per heavy atom. The molecule has 2 N–H and O–H groups in total. The summed E-state index contributed by atoms with van der Waals surface area (Å²) in [5.41, 5.74) is 0. The fraction of sp³-hybridized carbons (Fsp3) is 0.952. The molecule has 0 radical (unpaired) electrons. The van der Waals surface area contributed by atoms with Crippen LogP contribution in [0.1, 0.15) is 72.1 Å². The fourth-order valence-corrected chi connectivity index (χ4v) is 4.08. The molecule has 0 bridgehead atoms. The number of hydrogen-bond donors (Lipinski definition) is 2. The molecule has 0 spiro atoms. The molecule has 1 saturated carbocycles. The lowest BCUT2D eigenvalue weighted by Crippen LogP contribution is -2.49. The lowest BCUT2D eigenvalue weighted by Gasteiger charge is -2.34. The van der Waals surface area contributed by atoms with Crippen molar-refractivity contribution >= 4 is 29.9 Å². The number of aliphatic imine (C=N–C) groups is 1. The highest BCUT2D eigenvalue weighted by Gasteiger charge is 2.20. The van der Waals surface area contributed by atoms with Gasteiger partial charge in [0, 0.05) is 32.2 Å². The largest absolute Gasteiger partial charge is 0.376 e. The van der Waals surface area contributed by atoms with Crippen molar-refractivity contribution in [3.63, 3.8) is 0 Å². The van der Waals surface area contributed by atoms with Gasteiger partial charge in [0.15, 0.2) is 5.96 Å².